The molecule has 0 amide bonds. The van der Waals surface area contributed by atoms with Crippen molar-refractivity contribution in [1.82, 2.24) is 5.32 Å². The first-order valence-electron chi connectivity index (χ1n) is 5.26. The van der Waals surface area contributed by atoms with Crippen molar-refractivity contribution in [1.29, 1.82) is 0 Å². The second kappa shape index (κ2) is 5.66. The molecule has 1 N–H and O–H groups in total. The molecule has 1 aromatic rings. The second-order valence-electron chi connectivity index (χ2n) is 3.85. The highest BCUT2D eigenvalue weighted by atomic mass is 19.1. The number of hydrogen-bond acceptors (Lipinski definition) is 1. The Labute approximate surface area is 91.0 Å². The van der Waals surface area contributed by atoms with Gasteiger partial charge in [-0.1, -0.05) is 31.2 Å². The quantitative estimate of drug-likeness (QED) is 0.729. The number of nitrogens with one attached hydrogen (secondary N) is 1. The van der Waals surface area contributed by atoms with E-state index in [-0.39, 0.29) is 11.9 Å². The van der Waals surface area contributed by atoms with Crippen LogP contribution in [0.2, 0.25) is 0 Å². The third kappa shape index (κ3) is 3.84. The van der Waals surface area contributed by atoms with E-state index in [1.165, 1.54) is 12.1 Å². The van der Waals surface area contributed by atoms with Crippen LogP contribution in [0.25, 0.3) is 0 Å². The summed E-state index contributed by atoms with van der Waals surface area (Å²) in [6.45, 7) is 8.75. The van der Waals surface area contributed by atoms with Crippen LogP contribution in [0.5, 0.6) is 0 Å². The summed E-state index contributed by atoms with van der Waals surface area (Å²) >= 11 is 0. The summed E-state index contributed by atoms with van der Waals surface area (Å²) in [6.07, 6.45) is 0.985. The minimum atomic E-state index is -0.187. The van der Waals surface area contributed by atoms with Crippen LogP contribution < -0.4 is 5.32 Å². The van der Waals surface area contributed by atoms with E-state index in [1.807, 2.05) is 19.1 Å². The van der Waals surface area contributed by atoms with Gasteiger partial charge < -0.3 is 5.32 Å². The van der Waals surface area contributed by atoms with Crippen molar-refractivity contribution in [3.05, 3.63) is 47.8 Å². The molecule has 0 radical (unpaired) electrons. The third-order valence-corrected chi connectivity index (χ3v) is 2.33. The summed E-state index contributed by atoms with van der Waals surface area (Å²) in [5.41, 5.74) is 2.23. The molecule has 0 spiro atoms. The Balaban J connectivity index is 2.65. The molecular formula is C13H18FN. The Morgan fingerprint density at radius 3 is 2.47 bits per heavy atom. The van der Waals surface area contributed by atoms with Crippen molar-refractivity contribution in [3.63, 3.8) is 0 Å². The number of halogens is 1. The van der Waals surface area contributed by atoms with Crippen molar-refractivity contribution >= 4 is 0 Å². The fourth-order valence-corrected chi connectivity index (χ4v) is 1.49. The predicted molar refractivity (Wildman–Crippen MR) is 62.2 cm³/mol. The molecule has 0 aliphatic carbocycles. The molecule has 0 fully saturated rings. The van der Waals surface area contributed by atoms with Crippen LogP contribution >= 0.6 is 0 Å². The van der Waals surface area contributed by atoms with E-state index in [1.54, 1.807) is 0 Å². The Morgan fingerprint density at radius 2 is 2.00 bits per heavy atom. The van der Waals surface area contributed by atoms with E-state index in [4.69, 9.17) is 0 Å². The number of hydrogen-bond donors (Lipinski definition) is 1. The first-order chi connectivity index (χ1) is 7.13. The summed E-state index contributed by atoms with van der Waals surface area (Å²) in [6, 6.07) is 6.94. The molecule has 0 saturated carbocycles. The molecule has 1 nitrogen and oxygen atoms in total. The molecular weight excluding hydrogens is 189 g/mol. The van der Waals surface area contributed by atoms with Gasteiger partial charge in [0.2, 0.25) is 0 Å². The van der Waals surface area contributed by atoms with Gasteiger partial charge in [-0.2, -0.15) is 0 Å². The first-order valence-corrected chi connectivity index (χ1v) is 5.26. The molecule has 1 unspecified atom stereocenters. The van der Waals surface area contributed by atoms with Gasteiger partial charge in [-0.05, 0) is 31.0 Å². The molecule has 0 saturated heterocycles. The third-order valence-electron chi connectivity index (χ3n) is 2.33. The van der Waals surface area contributed by atoms with Gasteiger partial charge in [0.15, 0.2) is 0 Å². The van der Waals surface area contributed by atoms with Crippen LogP contribution in [0.4, 0.5) is 4.39 Å². The molecule has 1 rings (SSSR count). The van der Waals surface area contributed by atoms with Crippen LogP contribution in [0.1, 0.15) is 31.9 Å². The summed E-state index contributed by atoms with van der Waals surface area (Å²) in [5, 5.41) is 3.38. The van der Waals surface area contributed by atoms with E-state index in [0.717, 1.165) is 24.1 Å². The molecule has 0 aromatic heterocycles. The summed E-state index contributed by atoms with van der Waals surface area (Å²) in [4.78, 5) is 0. The van der Waals surface area contributed by atoms with Crippen molar-refractivity contribution in [2.75, 3.05) is 6.54 Å². The smallest absolute Gasteiger partial charge is 0.123 e. The molecule has 82 valence electrons. The van der Waals surface area contributed by atoms with Crippen molar-refractivity contribution in [3.8, 4) is 0 Å². The van der Waals surface area contributed by atoms with E-state index >= 15 is 0 Å². The van der Waals surface area contributed by atoms with Gasteiger partial charge in [-0.15, -0.1) is 0 Å². The highest BCUT2D eigenvalue weighted by Crippen LogP contribution is 2.16. The minimum Gasteiger partial charge on any atom is -0.306 e. The standard InChI is InChI=1S/C13H18FN/c1-4-13(15-9-10(2)3)11-5-7-12(14)8-6-11/h5-8,13,15H,2,4,9H2,1,3H3. The zero-order valence-corrected chi connectivity index (χ0v) is 9.39. The van der Waals surface area contributed by atoms with E-state index < -0.39 is 0 Å². The van der Waals surface area contributed by atoms with E-state index in [2.05, 4.69) is 18.8 Å². The minimum absolute atomic E-state index is 0.187. The Kier molecular flexibility index (Phi) is 4.50. The zero-order chi connectivity index (χ0) is 11.3. The SMILES string of the molecule is C=C(C)CNC(CC)c1ccc(F)cc1. The van der Waals surface area contributed by atoms with Gasteiger partial charge in [-0.25, -0.2) is 4.39 Å². The highest BCUT2D eigenvalue weighted by Gasteiger charge is 2.07. The molecule has 2 heteroatoms. The number of rotatable bonds is 5. The summed E-state index contributed by atoms with van der Waals surface area (Å²) in [7, 11) is 0. The average molecular weight is 207 g/mol. The first kappa shape index (κ1) is 11.9. The fourth-order valence-electron chi connectivity index (χ4n) is 1.49. The van der Waals surface area contributed by atoms with Gasteiger partial charge in [0.05, 0.1) is 0 Å². The maximum atomic E-state index is 12.7. The Bertz CT molecular complexity index is 316. The van der Waals surface area contributed by atoms with Crippen molar-refractivity contribution in [2.45, 2.75) is 26.3 Å². The van der Waals surface area contributed by atoms with Crippen molar-refractivity contribution in [2.24, 2.45) is 0 Å². The largest absolute Gasteiger partial charge is 0.306 e. The molecule has 0 bridgehead atoms. The Morgan fingerprint density at radius 1 is 1.40 bits per heavy atom. The predicted octanol–water partition coefficient (Wildman–Crippen LogP) is 3.44. The number of benzene rings is 1. The maximum Gasteiger partial charge on any atom is 0.123 e. The van der Waals surface area contributed by atoms with Crippen LogP contribution in [-0.4, -0.2) is 6.54 Å². The van der Waals surface area contributed by atoms with E-state index in [9.17, 15) is 4.39 Å². The van der Waals surface area contributed by atoms with Gasteiger partial charge in [0, 0.05) is 12.6 Å². The van der Waals surface area contributed by atoms with Gasteiger partial charge in [0.1, 0.15) is 5.82 Å². The van der Waals surface area contributed by atoms with Gasteiger partial charge >= 0.3 is 0 Å². The molecule has 1 aromatic carbocycles. The molecule has 15 heavy (non-hydrogen) atoms. The van der Waals surface area contributed by atoms with Gasteiger partial charge in [-0.3, -0.25) is 0 Å². The molecule has 0 aliphatic heterocycles. The lowest BCUT2D eigenvalue weighted by Crippen LogP contribution is -2.22. The van der Waals surface area contributed by atoms with E-state index in [0.29, 0.717) is 0 Å². The van der Waals surface area contributed by atoms with Crippen molar-refractivity contribution < 1.29 is 4.39 Å². The van der Waals surface area contributed by atoms with Gasteiger partial charge in [0.25, 0.3) is 0 Å². The fraction of sp³-hybridized carbons (Fsp3) is 0.385. The highest BCUT2D eigenvalue weighted by molar-refractivity contribution is 5.20. The Hall–Kier alpha value is -1.15. The monoisotopic (exact) mass is 207 g/mol. The molecule has 1 atom stereocenters. The lowest BCUT2D eigenvalue weighted by Gasteiger charge is -2.17. The second-order valence-corrected chi connectivity index (χ2v) is 3.85. The average Bonchev–Trinajstić information content (AvgIpc) is 2.21. The lowest BCUT2D eigenvalue weighted by atomic mass is 10.0. The topological polar surface area (TPSA) is 12.0 Å². The molecule has 0 heterocycles. The van der Waals surface area contributed by atoms with Crippen LogP contribution in [0.15, 0.2) is 36.4 Å². The zero-order valence-electron chi connectivity index (χ0n) is 9.39. The normalized spacial score (nSPS) is 12.5. The molecule has 0 aliphatic rings. The van der Waals surface area contributed by atoms with Crippen LogP contribution in [0, 0.1) is 5.82 Å². The maximum absolute atomic E-state index is 12.7. The van der Waals surface area contributed by atoms with Crippen LogP contribution in [0.3, 0.4) is 0 Å². The summed E-state index contributed by atoms with van der Waals surface area (Å²) < 4.78 is 12.7. The van der Waals surface area contributed by atoms with Crippen LogP contribution in [-0.2, 0) is 0 Å². The summed E-state index contributed by atoms with van der Waals surface area (Å²) in [5.74, 6) is -0.187. The lowest BCUT2D eigenvalue weighted by molar-refractivity contribution is 0.542.